The highest BCUT2D eigenvalue weighted by atomic mass is 35.5. The molecule has 0 saturated heterocycles. The molecule has 2 aromatic rings. The molecule has 74 valence electrons. The Balaban J connectivity index is 2.27. The summed E-state index contributed by atoms with van der Waals surface area (Å²) >= 11 is 7.55. The van der Waals surface area contributed by atoms with Crippen molar-refractivity contribution < 1.29 is 0 Å². The predicted octanol–water partition coefficient (Wildman–Crippen LogP) is 3.71. The highest BCUT2D eigenvalue weighted by Crippen LogP contribution is 2.23. The molecule has 0 radical (unpaired) electrons. The van der Waals surface area contributed by atoms with Gasteiger partial charge in [-0.1, -0.05) is 19.1 Å². The average molecular weight is 226 g/mol. The predicted molar refractivity (Wildman–Crippen MR) is 63.2 cm³/mol. The normalized spacial score (nSPS) is 13.3. The van der Waals surface area contributed by atoms with Crippen LogP contribution in [0.4, 0.5) is 0 Å². The largest absolute Gasteiger partial charge is 0.241 e. The minimum Gasteiger partial charge on any atom is -0.241 e. The smallest absolute Gasteiger partial charge is 0.0941 e. The first kappa shape index (κ1) is 9.94. The van der Waals surface area contributed by atoms with Crippen molar-refractivity contribution in [2.24, 2.45) is 5.92 Å². The van der Waals surface area contributed by atoms with Crippen molar-refractivity contribution >= 4 is 33.2 Å². The summed E-state index contributed by atoms with van der Waals surface area (Å²) in [6, 6.07) is 8.24. The Labute approximate surface area is 92.7 Å². The third-order valence-corrected chi connectivity index (χ3v) is 3.71. The van der Waals surface area contributed by atoms with Crippen molar-refractivity contribution in [1.29, 1.82) is 0 Å². The van der Waals surface area contributed by atoms with E-state index >= 15 is 0 Å². The minimum absolute atomic E-state index is 0.511. The Bertz CT molecular complexity index is 391. The van der Waals surface area contributed by atoms with Gasteiger partial charge in [-0.25, -0.2) is 4.98 Å². The van der Waals surface area contributed by atoms with Crippen LogP contribution in [0.2, 0.25) is 0 Å². The van der Waals surface area contributed by atoms with Gasteiger partial charge in [0.25, 0.3) is 0 Å². The van der Waals surface area contributed by atoms with Crippen LogP contribution < -0.4 is 0 Å². The zero-order chi connectivity index (χ0) is 9.97. The first-order chi connectivity index (χ1) is 6.79. The lowest BCUT2D eigenvalue weighted by Gasteiger charge is -2.01. The van der Waals surface area contributed by atoms with Crippen molar-refractivity contribution in [2.75, 3.05) is 5.88 Å². The van der Waals surface area contributed by atoms with E-state index in [0.29, 0.717) is 11.8 Å². The van der Waals surface area contributed by atoms with Gasteiger partial charge in [0, 0.05) is 12.3 Å². The van der Waals surface area contributed by atoms with E-state index in [1.807, 2.05) is 6.07 Å². The fourth-order valence-corrected chi connectivity index (χ4v) is 2.60. The van der Waals surface area contributed by atoms with Gasteiger partial charge < -0.3 is 0 Å². The van der Waals surface area contributed by atoms with Gasteiger partial charge in [0.05, 0.1) is 15.2 Å². The van der Waals surface area contributed by atoms with E-state index in [0.717, 1.165) is 11.9 Å². The van der Waals surface area contributed by atoms with Crippen LogP contribution in [0.15, 0.2) is 24.3 Å². The van der Waals surface area contributed by atoms with E-state index in [1.165, 1.54) is 9.71 Å². The molecular formula is C11H12ClNS. The molecule has 0 aliphatic heterocycles. The van der Waals surface area contributed by atoms with Gasteiger partial charge in [-0.3, -0.25) is 0 Å². The summed E-state index contributed by atoms with van der Waals surface area (Å²) in [5.41, 5.74) is 1.11. The van der Waals surface area contributed by atoms with E-state index < -0.39 is 0 Å². The molecule has 1 nitrogen and oxygen atoms in total. The fourth-order valence-electron chi connectivity index (χ4n) is 1.36. The molecule has 0 amide bonds. The second-order valence-corrected chi connectivity index (χ2v) is 4.96. The van der Waals surface area contributed by atoms with Crippen LogP contribution in [-0.2, 0) is 6.42 Å². The highest BCUT2D eigenvalue weighted by Gasteiger charge is 2.07. The monoisotopic (exact) mass is 225 g/mol. The molecule has 3 heteroatoms. The quantitative estimate of drug-likeness (QED) is 0.726. The van der Waals surface area contributed by atoms with Crippen molar-refractivity contribution in [2.45, 2.75) is 13.3 Å². The third kappa shape index (κ3) is 2.07. The molecule has 0 saturated carbocycles. The molecule has 0 N–H and O–H groups in total. The second-order valence-electron chi connectivity index (χ2n) is 3.54. The van der Waals surface area contributed by atoms with Crippen LogP contribution in [0.1, 0.15) is 11.9 Å². The van der Waals surface area contributed by atoms with Crippen LogP contribution in [-0.4, -0.2) is 10.9 Å². The zero-order valence-electron chi connectivity index (χ0n) is 8.03. The number of thiazole rings is 1. The molecule has 1 heterocycles. The van der Waals surface area contributed by atoms with Gasteiger partial charge in [-0.2, -0.15) is 0 Å². The number of hydrogen-bond acceptors (Lipinski definition) is 2. The lowest BCUT2D eigenvalue weighted by molar-refractivity contribution is 0.652. The van der Waals surface area contributed by atoms with Gasteiger partial charge in [-0.15, -0.1) is 22.9 Å². The SMILES string of the molecule is CC(CCl)Cc1nc2ccccc2s1. The lowest BCUT2D eigenvalue weighted by atomic mass is 10.1. The maximum Gasteiger partial charge on any atom is 0.0941 e. The van der Waals surface area contributed by atoms with Gasteiger partial charge in [0.15, 0.2) is 0 Å². The Morgan fingerprint density at radius 2 is 2.21 bits per heavy atom. The Morgan fingerprint density at radius 3 is 2.93 bits per heavy atom. The Kier molecular flexibility index (Phi) is 3.04. The average Bonchev–Trinajstić information content (AvgIpc) is 2.59. The summed E-state index contributed by atoms with van der Waals surface area (Å²) in [7, 11) is 0. The number of hydrogen-bond donors (Lipinski definition) is 0. The van der Waals surface area contributed by atoms with Crippen molar-refractivity contribution in [3.05, 3.63) is 29.3 Å². The number of benzene rings is 1. The van der Waals surface area contributed by atoms with E-state index in [4.69, 9.17) is 11.6 Å². The third-order valence-electron chi connectivity index (χ3n) is 2.12. The number of fused-ring (bicyclic) bond motifs is 1. The van der Waals surface area contributed by atoms with Crippen molar-refractivity contribution in [3.8, 4) is 0 Å². The van der Waals surface area contributed by atoms with E-state index in [2.05, 4.69) is 30.1 Å². The number of alkyl halides is 1. The summed E-state index contributed by atoms with van der Waals surface area (Å²) < 4.78 is 1.27. The summed E-state index contributed by atoms with van der Waals surface area (Å²) in [5.74, 6) is 1.22. The van der Waals surface area contributed by atoms with Crippen LogP contribution in [0.25, 0.3) is 10.2 Å². The lowest BCUT2D eigenvalue weighted by Crippen LogP contribution is -1.99. The van der Waals surface area contributed by atoms with Gasteiger partial charge in [0.2, 0.25) is 0 Å². The summed E-state index contributed by atoms with van der Waals surface area (Å²) in [6.45, 7) is 2.15. The highest BCUT2D eigenvalue weighted by molar-refractivity contribution is 7.18. The van der Waals surface area contributed by atoms with E-state index in [1.54, 1.807) is 11.3 Å². The molecule has 0 aliphatic carbocycles. The Hall–Kier alpha value is -0.600. The van der Waals surface area contributed by atoms with Crippen molar-refractivity contribution in [3.63, 3.8) is 0 Å². The van der Waals surface area contributed by atoms with Crippen LogP contribution >= 0.6 is 22.9 Å². The molecule has 0 spiro atoms. The molecule has 1 unspecified atom stereocenters. The molecule has 1 aromatic heterocycles. The standard InChI is InChI=1S/C11H12ClNS/c1-8(7-12)6-11-13-9-4-2-3-5-10(9)14-11/h2-5,8H,6-7H2,1H3. The molecule has 1 aromatic carbocycles. The molecule has 0 aliphatic rings. The van der Waals surface area contributed by atoms with Gasteiger partial charge >= 0.3 is 0 Å². The van der Waals surface area contributed by atoms with Gasteiger partial charge in [-0.05, 0) is 18.1 Å². The molecule has 1 atom stereocenters. The molecule has 14 heavy (non-hydrogen) atoms. The minimum atomic E-state index is 0.511. The maximum atomic E-state index is 5.78. The van der Waals surface area contributed by atoms with Crippen LogP contribution in [0.3, 0.4) is 0 Å². The maximum absolute atomic E-state index is 5.78. The number of para-hydroxylation sites is 1. The number of halogens is 1. The molecule has 0 fully saturated rings. The molecule has 0 bridgehead atoms. The first-order valence-electron chi connectivity index (χ1n) is 4.70. The fraction of sp³-hybridized carbons (Fsp3) is 0.364. The van der Waals surface area contributed by atoms with Crippen LogP contribution in [0, 0.1) is 5.92 Å². The summed E-state index contributed by atoms with van der Waals surface area (Å²) in [6.07, 6.45) is 0.989. The number of nitrogens with zero attached hydrogens (tertiary/aromatic N) is 1. The van der Waals surface area contributed by atoms with Crippen molar-refractivity contribution in [1.82, 2.24) is 4.98 Å². The zero-order valence-corrected chi connectivity index (χ0v) is 9.61. The topological polar surface area (TPSA) is 12.9 Å². The molecule has 2 rings (SSSR count). The van der Waals surface area contributed by atoms with Crippen LogP contribution in [0.5, 0.6) is 0 Å². The van der Waals surface area contributed by atoms with Gasteiger partial charge in [0.1, 0.15) is 0 Å². The Morgan fingerprint density at radius 1 is 1.43 bits per heavy atom. The summed E-state index contributed by atoms with van der Waals surface area (Å²) in [4.78, 5) is 4.56. The number of aromatic nitrogens is 1. The number of rotatable bonds is 3. The van der Waals surface area contributed by atoms with E-state index in [9.17, 15) is 0 Å². The van der Waals surface area contributed by atoms with E-state index in [-0.39, 0.29) is 0 Å². The second kappa shape index (κ2) is 4.28. The molecular weight excluding hydrogens is 214 g/mol. The first-order valence-corrected chi connectivity index (χ1v) is 6.05. The summed E-state index contributed by atoms with van der Waals surface area (Å²) in [5, 5.41) is 1.19.